The van der Waals surface area contributed by atoms with Gasteiger partial charge in [0, 0.05) is 13.1 Å². The highest BCUT2D eigenvalue weighted by Gasteiger charge is 2.15. The number of rotatable bonds is 4. The third-order valence-electron chi connectivity index (χ3n) is 2.47. The summed E-state index contributed by atoms with van der Waals surface area (Å²) in [6.07, 6.45) is 1.47. The van der Waals surface area contributed by atoms with Gasteiger partial charge in [0.15, 0.2) is 5.82 Å². The Morgan fingerprint density at radius 3 is 2.78 bits per heavy atom. The predicted octanol–water partition coefficient (Wildman–Crippen LogP) is 0.505. The summed E-state index contributed by atoms with van der Waals surface area (Å²) >= 11 is 0. The lowest BCUT2D eigenvalue weighted by Gasteiger charge is -2.28. The number of hydrogen-bond donors (Lipinski definition) is 2. The van der Waals surface area contributed by atoms with Crippen LogP contribution in [0.25, 0.3) is 0 Å². The Morgan fingerprint density at radius 2 is 2.11 bits per heavy atom. The van der Waals surface area contributed by atoms with Gasteiger partial charge >= 0.3 is 0 Å². The van der Waals surface area contributed by atoms with E-state index in [1.54, 1.807) is 0 Å². The van der Waals surface area contributed by atoms with Crippen molar-refractivity contribution in [1.29, 1.82) is 0 Å². The van der Waals surface area contributed by atoms with E-state index in [1.807, 2.05) is 18.9 Å². The highest BCUT2D eigenvalue weighted by atomic mass is 16.5. The Morgan fingerprint density at radius 1 is 1.39 bits per heavy atom. The Hall–Kier alpha value is -1.60. The Balaban J connectivity index is 2.07. The zero-order valence-corrected chi connectivity index (χ0v) is 10.7. The van der Waals surface area contributed by atoms with Crippen LogP contribution < -0.4 is 15.9 Å². The van der Waals surface area contributed by atoms with E-state index in [2.05, 4.69) is 15.4 Å². The van der Waals surface area contributed by atoms with Gasteiger partial charge in [0.05, 0.1) is 19.3 Å². The molecule has 0 radical (unpaired) electrons. The largest absolute Gasteiger partial charge is 0.473 e. The summed E-state index contributed by atoms with van der Waals surface area (Å²) in [6, 6.07) is 0. The smallest absolute Gasteiger partial charge is 0.242 e. The second-order valence-electron chi connectivity index (χ2n) is 4.32. The van der Waals surface area contributed by atoms with Crippen LogP contribution >= 0.6 is 0 Å². The number of aromatic nitrogens is 2. The summed E-state index contributed by atoms with van der Waals surface area (Å²) in [5.41, 5.74) is 9.57. The van der Waals surface area contributed by atoms with Crippen molar-refractivity contribution < 1.29 is 9.47 Å². The first-order valence-corrected chi connectivity index (χ1v) is 6.03. The maximum atomic E-state index is 5.98. The summed E-state index contributed by atoms with van der Waals surface area (Å²) in [5.74, 6) is 0.985. The average molecular weight is 253 g/mol. The minimum absolute atomic E-state index is 0.0263. The van der Waals surface area contributed by atoms with Crippen LogP contribution in [-0.4, -0.2) is 47.4 Å². The molecule has 0 atom stereocenters. The number of nitrogens with two attached hydrogens (primary N) is 1. The molecule has 1 fully saturated rings. The molecule has 1 aliphatic heterocycles. The first kappa shape index (κ1) is 12.8. The third-order valence-corrected chi connectivity index (χ3v) is 2.47. The standard InChI is InChI=1S/C11H19N5O2/c1-8(2)18-11-9(12)10(13-7-14-11)15-16-3-5-17-6-4-16/h7-8H,3-6,12H2,1-2H3,(H,13,14,15). The lowest BCUT2D eigenvalue weighted by atomic mass is 10.4. The highest BCUT2D eigenvalue weighted by molar-refractivity contribution is 5.65. The molecule has 100 valence electrons. The van der Waals surface area contributed by atoms with Crippen LogP contribution in [0, 0.1) is 0 Å². The second kappa shape index (κ2) is 5.83. The summed E-state index contributed by atoms with van der Waals surface area (Å²) in [6.45, 7) is 6.85. The zero-order valence-electron chi connectivity index (χ0n) is 10.7. The molecule has 18 heavy (non-hydrogen) atoms. The number of nitrogens with zero attached hydrogens (tertiary/aromatic N) is 3. The molecule has 7 nitrogen and oxygen atoms in total. The van der Waals surface area contributed by atoms with Gasteiger partial charge in [-0.1, -0.05) is 0 Å². The summed E-state index contributed by atoms with van der Waals surface area (Å²) in [4.78, 5) is 8.16. The summed E-state index contributed by atoms with van der Waals surface area (Å²) in [7, 11) is 0. The third kappa shape index (κ3) is 3.21. The van der Waals surface area contributed by atoms with Crippen LogP contribution in [0.2, 0.25) is 0 Å². The fourth-order valence-electron chi connectivity index (χ4n) is 1.61. The fraction of sp³-hybridized carbons (Fsp3) is 0.636. The van der Waals surface area contributed by atoms with Gasteiger partial charge in [0.25, 0.3) is 0 Å². The highest BCUT2D eigenvalue weighted by Crippen LogP contribution is 2.25. The van der Waals surface area contributed by atoms with Crippen LogP contribution in [0.5, 0.6) is 5.88 Å². The predicted molar refractivity (Wildman–Crippen MR) is 68.2 cm³/mol. The molecule has 1 aromatic heterocycles. The molecular weight excluding hydrogens is 234 g/mol. The number of ether oxygens (including phenoxy) is 2. The zero-order chi connectivity index (χ0) is 13.0. The van der Waals surface area contributed by atoms with Crippen molar-refractivity contribution in [3.63, 3.8) is 0 Å². The summed E-state index contributed by atoms with van der Waals surface area (Å²) in [5, 5.41) is 2.02. The molecule has 0 spiro atoms. The maximum Gasteiger partial charge on any atom is 0.242 e. The molecule has 0 aromatic carbocycles. The topological polar surface area (TPSA) is 85.5 Å². The van der Waals surface area contributed by atoms with Crippen LogP contribution in [0.1, 0.15) is 13.8 Å². The van der Waals surface area contributed by atoms with Crippen molar-refractivity contribution in [1.82, 2.24) is 15.0 Å². The van der Waals surface area contributed by atoms with E-state index in [0.717, 1.165) is 13.1 Å². The van der Waals surface area contributed by atoms with E-state index in [9.17, 15) is 0 Å². The van der Waals surface area contributed by atoms with Crippen LogP contribution in [0.15, 0.2) is 6.33 Å². The van der Waals surface area contributed by atoms with E-state index in [-0.39, 0.29) is 6.10 Å². The lowest BCUT2D eigenvalue weighted by Crippen LogP contribution is -2.40. The molecule has 3 N–H and O–H groups in total. The Kier molecular flexibility index (Phi) is 4.16. The van der Waals surface area contributed by atoms with Gasteiger partial charge in [-0.15, -0.1) is 0 Å². The van der Waals surface area contributed by atoms with Crippen molar-refractivity contribution in [2.24, 2.45) is 0 Å². The molecule has 0 aliphatic carbocycles. The number of hydrazine groups is 1. The van der Waals surface area contributed by atoms with E-state index in [1.165, 1.54) is 6.33 Å². The van der Waals surface area contributed by atoms with E-state index < -0.39 is 0 Å². The van der Waals surface area contributed by atoms with Crippen molar-refractivity contribution in [2.45, 2.75) is 20.0 Å². The molecule has 0 bridgehead atoms. The fourth-order valence-corrected chi connectivity index (χ4v) is 1.61. The first-order valence-electron chi connectivity index (χ1n) is 6.03. The molecule has 1 saturated heterocycles. The molecule has 2 heterocycles. The molecule has 1 aliphatic rings. The molecule has 1 aromatic rings. The number of morpholine rings is 1. The van der Waals surface area contributed by atoms with Crippen LogP contribution in [0.3, 0.4) is 0 Å². The lowest BCUT2D eigenvalue weighted by molar-refractivity contribution is 0.0495. The van der Waals surface area contributed by atoms with Gasteiger partial charge in [0.2, 0.25) is 5.88 Å². The average Bonchev–Trinajstić information content (AvgIpc) is 2.35. The molecule has 0 saturated carbocycles. The first-order chi connectivity index (χ1) is 8.66. The SMILES string of the molecule is CC(C)Oc1ncnc(NN2CCOCC2)c1N. The molecule has 2 rings (SSSR count). The molecular formula is C11H19N5O2. The van der Waals surface area contributed by atoms with Crippen molar-refractivity contribution in [3.05, 3.63) is 6.33 Å². The van der Waals surface area contributed by atoms with Gasteiger partial charge in [-0.25, -0.2) is 9.99 Å². The quantitative estimate of drug-likeness (QED) is 0.808. The maximum absolute atomic E-state index is 5.98. The van der Waals surface area contributed by atoms with E-state index in [4.69, 9.17) is 15.2 Å². The second-order valence-corrected chi connectivity index (χ2v) is 4.32. The number of anilines is 2. The van der Waals surface area contributed by atoms with Gasteiger partial charge in [-0.05, 0) is 13.8 Å². The van der Waals surface area contributed by atoms with Crippen molar-refractivity contribution in [3.8, 4) is 5.88 Å². The summed E-state index contributed by atoms with van der Waals surface area (Å²) < 4.78 is 10.8. The van der Waals surface area contributed by atoms with Crippen molar-refractivity contribution in [2.75, 3.05) is 37.5 Å². The molecule has 7 heteroatoms. The van der Waals surface area contributed by atoms with Crippen molar-refractivity contribution >= 4 is 11.5 Å². The number of hydrogen-bond acceptors (Lipinski definition) is 7. The number of nitrogen functional groups attached to an aromatic ring is 1. The van der Waals surface area contributed by atoms with Gasteiger partial charge in [-0.2, -0.15) is 4.98 Å². The van der Waals surface area contributed by atoms with Gasteiger partial charge in [-0.3, -0.25) is 0 Å². The molecule has 0 amide bonds. The van der Waals surface area contributed by atoms with Crippen LogP contribution in [0.4, 0.5) is 11.5 Å². The monoisotopic (exact) mass is 253 g/mol. The van der Waals surface area contributed by atoms with Gasteiger partial charge in [0.1, 0.15) is 12.0 Å². The Labute approximate surface area is 106 Å². The molecule has 0 unspecified atom stereocenters. The van der Waals surface area contributed by atoms with E-state index in [0.29, 0.717) is 30.6 Å². The van der Waals surface area contributed by atoms with Gasteiger partial charge < -0.3 is 20.6 Å². The van der Waals surface area contributed by atoms with E-state index >= 15 is 0 Å². The minimum Gasteiger partial charge on any atom is -0.473 e. The Bertz CT molecular complexity index is 393. The normalized spacial score (nSPS) is 16.8. The van der Waals surface area contributed by atoms with Crippen LogP contribution in [-0.2, 0) is 4.74 Å². The number of nitrogens with one attached hydrogen (secondary N) is 1. The minimum atomic E-state index is 0.0263.